The Morgan fingerprint density at radius 2 is 1.85 bits per heavy atom. The van der Waals surface area contributed by atoms with Gasteiger partial charge in [0.2, 0.25) is 0 Å². The second-order valence-electron chi connectivity index (χ2n) is 8.39. The van der Waals surface area contributed by atoms with Crippen molar-refractivity contribution in [3.8, 4) is 0 Å². The second-order valence-corrected chi connectivity index (χ2v) is 8.39. The number of hydrogen-bond acceptors (Lipinski definition) is 7. The van der Waals surface area contributed by atoms with Crippen molar-refractivity contribution >= 4 is 22.7 Å². The van der Waals surface area contributed by atoms with E-state index in [0.717, 1.165) is 59.0 Å². The van der Waals surface area contributed by atoms with Crippen molar-refractivity contribution in [2.45, 2.75) is 31.3 Å². The molecule has 2 unspecified atom stereocenters. The van der Waals surface area contributed by atoms with Crippen molar-refractivity contribution in [2.75, 3.05) is 52.5 Å². The highest BCUT2D eigenvalue weighted by atomic mass is 16.5. The normalized spacial score (nSPS) is 19.6. The Kier molecular flexibility index (Phi) is 10.1. The third-order valence-electron chi connectivity index (χ3n) is 6.11. The van der Waals surface area contributed by atoms with Gasteiger partial charge in [-0.2, -0.15) is 0 Å². The molecular formula is C25H33N2O6-. The van der Waals surface area contributed by atoms with Crippen LogP contribution in [0.3, 0.4) is 0 Å². The summed E-state index contributed by atoms with van der Waals surface area (Å²) >= 11 is 0. The van der Waals surface area contributed by atoms with Crippen LogP contribution in [0.15, 0.2) is 42.5 Å². The molecule has 0 spiro atoms. The van der Waals surface area contributed by atoms with E-state index in [4.69, 9.17) is 29.3 Å². The number of nitrogens with zero attached hydrogens (tertiary/aromatic N) is 1. The summed E-state index contributed by atoms with van der Waals surface area (Å²) in [7, 11) is 0. The minimum absolute atomic E-state index is 0.412. The van der Waals surface area contributed by atoms with Gasteiger partial charge in [-0.15, -0.1) is 0 Å². The number of carboxylic acids is 2. The summed E-state index contributed by atoms with van der Waals surface area (Å²) in [6, 6.07) is 15.5. The number of nitrogens with one attached hydrogen (secondary N) is 1. The van der Waals surface area contributed by atoms with E-state index in [0.29, 0.717) is 12.0 Å². The standard InChI is InChI=1S/C23H32N2O2.C2H2O4/c1-2-8-22-19(5-1)6-3-9-23(22)20(17-21-7-4-14-27-21)18-24-10-11-25-12-15-26-16-13-25;3-1(4)2(5)6/h1-3,5-6,8-9,20-21,24H,4,7,10-18H2;(H,3,4)(H,5,6)/p-1. The van der Waals surface area contributed by atoms with Crippen LogP contribution in [-0.2, 0) is 19.1 Å². The number of carbonyl (C=O) groups is 2. The fourth-order valence-corrected chi connectivity index (χ4v) is 4.41. The van der Waals surface area contributed by atoms with E-state index in [1.165, 1.54) is 29.2 Å². The average molecular weight is 458 g/mol. The zero-order chi connectivity index (χ0) is 23.5. The van der Waals surface area contributed by atoms with Gasteiger partial charge in [0.25, 0.3) is 0 Å². The van der Waals surface area contributed by atoms with E-state index in [2.05, 4.69) is 52.7 Å². The lowest BCUT2D eigenvalue weighted by Gasteiger charge is -2.27. The van der Waals surface area contributed by atoms with Crippen LogP contribution in [0.25, 0.3) is 10.8 Å². The van der Waals surface area contributed by atoms with Crippen molar-refractivity contribution in [1.82, 2.24) is 10.2 Å². The maximum atomic E-state index is 9.04. The molecular weight excluding hydrogens is 424 g/mol. The van der Waals surface area contributed by atoms with Gasteiger partial charge in [0.15, 0.2) is 5.97 Å². The zero-order valence-corrected chi connectivity index (χ0v) is 18.9. The maximum Gasteiger partial charge on any atom is 0.351 e. The Bertz CT molecular complexity index is 876. The molecule has 2 aromatic rings. The minimum atomic E-state index is -2.07. The van der Waals surface area contributed by atoms with Gasteiger partial charge in [-0.25, -0.2) is 4.79 Å². The van der Waals surface area contributed by atoms with Gasteiger partial charge in [-0.05, 0) is 41.5 Å². The van der Waals surface area contributed by atoms with Crippen molar-refractivity contribution < 1.29 is 29.3 Å². The van der Waals surface area contributed by atoms with Crippen molar-refractivity contribution in [1.29, 1.82) is 0 Å². The van der Waals surface area contributed by atoms with E-state index < -0.39 is 11.9 Å². The summed E-state index contributed by atoms with van der Waals surface area (Å²) in [6.45, 7) is 7.94. The highest BCUT2D eigenvalue weighted by Gasteiger charge is 2.23. The predicted octanol–water partition coefficient (Wildman–Crippen LogP) is 1.24. The van der Waals surface area contributed by atoms with Crippen LogP contribution in [0.1, 0.15) is 30.7 Å². The Morgan fingerprint density at radius 1 is 1.12 bits per heavy atom. The summed E-state index contributed by atoms with van der Waals surface area (Å²) in [5.41, 5.74) is 1.46. The van der Waals surface area contributed by atoms with Crippen LogP contribution < -0.4 is 10.4 Å². The number of fused-ring (bicyclic) bond motifs is 1. The van der Waals surface area contributed by atoms with E-state index in [1.54, 1.807) is 0 Å². The third-order valence-corrected chi connectivity index (χ3v) is 6.11. The smallest absolute Gasteiger partial charge is 0.351 e. The molecule has 180 valence electrons. The zero-order valence-electron chi connectivity index (χ0n) is 18.9. The third kappa shape index (κ3) is 8.08. The maximum absolute atomic E-state index is 9.04. The fraction of sp³-hybridized carbons (Fsp3) is 0.520. The summed E-state index contributed by atoms with van der Waals surface area (Å²) < 4.78 is 11.4. The first-order valence-corrected chi connectivity index (χ1v) is 11.6. The SMILES string of the molecule is O=C([O-])C(=O)O.c1ccc2c(C(CNCCN3CCOCC3)CC3CCCO3)cccc2c1. The number of hydrogen-bond donors (Lipinski definition) is 2. The molecule has 2 heterocycles. The van der Waals surface area contributed by atoms with E-state index in [1.807, 2.05) is 0 Å². The van der Waals surface area contributed by atoms with Crippen molar-refractivity contribution in [3.63, 3.8) is 0 Å². The Hall–Kier alpha value is -2.52. The molecule has 2 N–H and O–H groups in total. The summed E-state index contributed by atoms with van der Waals surface area (Å²) in [5, 5.41) is 22.8. The minimum Gasteiger partial charge on any atom is -0.539 e. The van der Waals surface area contributed by atoms with Crippen LogP contribution in [0.4, 0.5) is 0 Å². The number of aliphatic carboxylic acids is 2. The average Bonchev–Trinajstić information content (AvgIpc) is 3.35. The van der Waals surface area contributed by atoms with Crippen LogP contribution in [0.2, 0.25) is 0 Å². The molecule has 0 aliphatic carbocycles. The van der Waals surface area contributed by atoms with Crippen molar-refractivity contribution in [2.24, 2.45) is 0 Å². The second kappa shape index (κ2) is 13.3. The molecule has 0 radical (unpaired) electrons. The first-order valence-electron chi connectivity index (χ1n) is 11.6. The fourth-order valence-electron chi connectivity index (χ4n) is 4.41. The number of rotatable bonds is 8. The quantitative estimate of drug-likeness (QED) is 0.450. The summed E-state index contributed by atoms with van der Waals surface area (Å²) in [6.07, 6.45) is 3.93. The topological polar surface area (TPSA) is 111 Å². The van der Waals surface area contributed by atoms with Gasteiger partial charge in [0.05, 0.1) is 19.3 Å². The first-order chi connectivity index (χ1) is 16.0. The first kappa shape index (κ1) is 25.1. The molecule has 0 bridgehead atoms. The van der Waals surface area contributed by atoms with Gasteiger partial charge in [0, 0.05) is 39.3 Å². The lowest BCUT2D eigenvalue weighted by Crippen LogP contribution is -2.41. The van der Waals surface area contributed by atoms with E-state index in [-0.39, 0.29) is 0 Å². The van der Waals surface area contributed by atoms with Crippen molar-refractivity contribution in [3.05, 3.63) is 48.0 Å². The Balaban J connectivity index is 0.000000454. The lowest BCUT2D eigenvalue weighted by molar-refractivity contribution is -0.303. The number of carboxylic acid groups (broad SMARTS) is 2. The van der Waals surface area contributed by atoms with Gasteiger partial charge in [-0.3, -0.25) is 4.90 Å². The number of carbonyl (C=O) groups excluding carboxylic acids is 1. The van der Waals surface area contributed by atoms with Gasteiger partial charge < -0.3 is 29.8 Å². The molecule has 2 aliphatic rings. The molecule has 2 saturated heterocycles. The van der Waals surface area contributed by atoms with Crippen LogP contribution in [-0.4, -0.2) is 80.6 Å². The molecule has 2 aromatic carbocycles. The Morgan fingerprint density at radius 3 is 2.55 bits per heavy atom. The number of morpholine rings is 1. The summed E-state index contributed by atoms with van der Waals surface area (Å²) in [5.74, 6) is -3.52. The molecule has 4 rings (SSSR count). The molecule has 8 nitrogen and oxygen atoms in total. The number of ether oxygens (including phenoxy) is 2. The van der Waals surface area contributed by atoms with E-state index >= 15 is 0 Å². The predicted molar refractivity (Wildman–Crippen MR) is 123 cm³/mol. The highest BCUT2D eigenvalue weighted by Crippen LogP contribution is 2.31. The van der Waals surface area contributed by atoms with Crippen LogP contribution in [0, 0.1) is 0 Å². The molecule has 0 aromatic heterocycles. The molecule has 0 saturated carbocycles. The highest BCUT2D eigenvalue weighted by molar-refractivity contribution is 6.26. The van der Waals surface area contributed by atoms with Gasteiger partial charge in [-0.1, -0.05) is 42.5 Å². The summed E-state index contributed by atoms with van der Waals surface area (Å²) in [4.78, 5) is 20.5. The van der Waals surface area contributed by atoms with Crippen LogP contribution in [0.5, 0.6) is 0 Å². The largest absolute Gasteiger partial charge is 0.539 e. The monoisotopic (exact) mass is 457 g/mol. The molecule has 2 fully saturated rings. The lowest BCUT2D eigenvalue weighted by atomic mass is 9.88. The molecule has 33 heavy (non-hydrogen) atoms. The molecule has 2 atom stereocenters. The molecule has 2 aliphatic heterocycles. The number of benzene rings is 2. The molecule has 0 amide bonds. The van der Waals surface area contributed by atoms with Gasteiger partial charge >= 0.3 is 5.97 Å². The van der Waals surface area contributed by atoms with E-state index in [9.17, 15) is 0 Å². The Labute approximate surface area is 194 Å². The van der Waals surface area contributed by atoms with Gasteiger partial charge in [0.1, 0.15) is 0 Å². The molecule has 8 heteroatoms. The van der Waals surface area contributed by atoms with Crippen LogP contribution >= 0.6 is 0 Å².